The molecule has 4 rings (SSSR count). The van der Waals surface area contributed by atoms with Crippen LogP contribution in [0.15, 0.2) is 47.4 Å². The van der Waals surface area contributed by atoms with Gasteiger partial charge in [0.2, 0.25) is 15.9 Å². The van der Waals surface area contributed by atoms with E-state index in [1.54, 1.807) is 24.3 Å². The Morgan fingerprint density at radius 1 is 1.00 bits per heavy atom. The summed E-state index contributed by atoms with van der Waals surface area (Å²) in [6.45, 7) is 1.52. The third-order valence-electron chi connectivity index (χ3n) is 6.21. The SMILES string of the molecule is O=C(C[C@@]1(COc2cccc(Cl)c2)CN(S(=O)(=O)c2ccc(Cl)cc2Cl)CCO1)N1CCCCC1. The van der Waals surface area contributed by atoms with Crippen LogP contribution in [0.5, 0.6) is 5.75 Å². The average Bonchev–Trinajstić information content (AvgIpc) is 2.83. The van der Waals surface area contributed by atoms with Crippen molar-refractivity contribution in [2.75, 3.05) is 39.4 Å². The molecule has 11 heteroatoms. The Balaban J connectivity index is 1.60. The van der Waals surface area contributed by atoms with Crippen molar-refractivity contribution >= 4 is 50.7 Å². The van der Waals surface area contributed by atoms with E-state index in [2.05, 4.69) is 0 Å². The van der Waals surface area contributed by atoms with Gasteiger partial charge < -0.3 is 14.4 Å². The lowest BCUT2D eigenvalue weighted by atomic mass is 9.97. The number of morpholine rings is 1. The number of ether oxygens (including phenoxy) is 2. The lowest BCUT2D eigenvalue weighted by Crippen LogP contribution is -2.58. The van der Waals surface area contributed by atoms with Crippen molar-refractivity contribution in [3.8, 4) is 5.75 Å². The van der Waals surface area contributed by atoms with Crippen LogP contribution < -0.4 is 4.74 Å². The molecule has 2 aromatic carbocycles. The van der Waals surface area contributed by atoms with Crippen molar-refractivity contribution in [3.05, 3.63) is 57.5 Å². The van der Waals surface area contributed by atoms with Gasteiger partial charge in [0.25, 0.3) is 0 Å². The van der Waals surface area contributed by atoms with Gasteiger partial charge in [-0.2, -0.15) is 4.31 Å². The number of carbonyl (C=O) groups excluding carboxylic acids is 1. The van der Waals surface area contributed by atoms with Crippen LogP contribution in [0.1, 0.15) is 25.7 Å². The highest BCUT2D eigenvalue weighted by Gasteiger charge is 2.45. The molecule has 2 aromatic rings. The van der Waals surface area contributed by atoms with E-state index >= 15 is 0 Å². The molecule has 0 N–H and O–H groups in total. The van der Waals surface area contributed by atoms with Gasteiger partial charge in [0.15, 0.2) is 0 Å². The second kappa shape index (κ2) is 11.2. The Hall–Kier alpha value is -1.55. The molecule has 1 amide bonds. The van der Waals surface area contributed by atoms with Crippen LogP contribution in [-0.2, 0) is 19.6 Å². The fourth-order valence-electron chi connectivity index (χ4n) is 4.39. The monoisotopic (exact) mass is 560 g/mol. The van der Waals surface area contributed by atoms with Gasteiger partial charge in [-0.15, -0.1) is 0 Å². The predicted octanol–water partition coefficient (Wildman–Crippen LogP) is 4.89. The largest absolute Gasteiger partial charge is 0.490 e. The van der Waals surface area contributed by atoms with E-state index in [9.17, 15) is 13.2 Å². The summed E-state index contributed by atoms with van der Waals surface area (Å²) in [4.78, 5) is 15.0. The van der Waals surface area contributed by atoms with Crippen molar-refractivity contribution < 1.29 is 22.7 Å². The number of piperidine rings is 1. The molecule has 35 heavy (non-hydrogen) atoms. The summed E-state index contributed by atoms with van der Waals surface area (Å²) in [5.74, 6) is 0.426. The van der Waals surface area contributed by atoms with Gasteiger partial charge in [-0.1, -0.05) is 40.9 Å². The summed E-state index contributed by atoms with van der Waals surface area (Å²) in [5.41, 5.74) is -1.18. The number of benzene rings is 2. The molecule has 2 saturated heterocycles. The van der Waals surface area contributed by atoms with E-state index < -0.39 is 15.6 Å². The molecule has 0 aliphatic carbocycles. The Morgan fingerprint density at radius 3 is 2.46 bits per heavy atom. The molecule has 0 spiro atoms. The number of rotatable bonds is 7. The van der Waals surface area contributed by atoms with Crippen molar-refractivity contribution in [2.45, 2.75) is 36.2 Å². The van der Waals surface area contributed by atoms with Gasteiger partial charge in [0.05, 0.1) is 18.1 Å². The molecule has 0 radical (unpaired) electrons. The molecule has 0 unspecified atom stereocenters. The van der Waals surface area contributed by atoms with Crippen molar-refractivity contribution in [2.24, 2.45) is 0 Å². The summed E-state index contributed by atoms with van der Waals surface area (Å²) in [5, 5.41) is 0.883. The van der Waals surface area contributed by atoms with Crippen molar-refractivity contribution in [3.63, 3.8) is 0 Å². The van der Waals surface area contributed by atoms with Crippen LogP contribution in [0.25, 0.3) is 0 Å². The average molecular weight is 562 g/mol. The maximum Gasteiger partial charge on any atom is 0.244 e. The molecule has 1 atom stereocenters. The predicted molar refractivity (Wildman–Crippen MR) is 136 cm³/mol. The molecular weight excluding hydrogens is 535 g/mol. The zero-order valence-electron chi connectivity index (χ0n) is 19.1. The van der Waals surface area contributed by atoms with E-state index in [1.165, 1.54) is 22.5 Å². The minimum atomic E-state index is -3.97. The maximum atomic E-state index is 13.5. The highest BCUT2D eigenvalue weighted by molar-refractivity contribution is 7.89. The van der Waals surface area contributed by atoms with Crippen LogP contribution in [0.4, 0.5) is 0 Å². The molecule has 0 aromatic heterocycles. The summed E-state index contributed by atoms with van der Waals surface area (Å²) >= 11 is 18.3. The van der Waals surface area contributed by atoms with Crippen LogP contribution in [-0.4, -0.2) is 68.5 Å². The first-order chi connectivity index (χ1) is 16.7. The van der Waals surface area contributed by atoms with Crippen LogP contribution in [0.3, 0.4) is 0 Å². The van der Waals surface area contributed by atoms with Gasteiger partial charge in [-0.05, 0) is 55.7 Å². The minimum absolute atomic E-state index is 0.00602. The van der Waals surface area contributed by atoms with Gasteiger partial charge in [-0.25, -0.2) is 8.42 Å². The topological polar surface area (TPSA) is 76.1 Å². The number of nitrogens with zero attached hydrogens (tertiary/aromatic N) is 2. The molecule has 2 aliphatic rings. The third-order valence-corrected chi connectivity index (χ3v) is 9.00. The molecule has 2 aliphatic heterocycles. The molecule has 2 heterocycles. The molecule has 0 saturated carbocycles. The first kappa shape index (κ1) is 26.5. The highest BCUT2D eigenvalue weighted by Crippen LogP contribution is 2.33. The molecule has 0 bridgehead atoms. The second-order valence-electron chi connectivity index (χ2n) is 8.81. The lowest BCUT2D eigenvalue weighted by molar-refractivity contribution is -0.151. The third kappa shape index (κ3) is 6.42. The Morgan fingerprint density at radius 2 is 1.74 bits per heavy atom. The number of sulfonamides is 1. The Bertz CT molecular complexity index is 1170. The first-order valence-corrected chi connectivity index (χ1v) is 14.0. The number of halogens is 3. The zero-order valence-corrected chi connectivity index (χ0v) is 22.2. The number of hydrogen-bond acceptors (Lipinski definition) is 5. The quantitative estimate of drug-likeness (QED) is 0.481. The second-order valence-corrected chi connectivity index (χ2v) is 12.0. The number of hydrogen-bond donors (Lipinski definition) is 0. The van der Waals surface area contributed by atoms with E-state index in [4.69, 9.17) is 44.3 Å². The smallest absolute Gasteiger partial charge is 0.244 e. The van der Waals surface area contributed by atoms with Gasteiger partial charge >= 0.3 is 0 Å². The highest BCUT2D eigenvalue weighted by atomic mass is 35.5. The van der Waals surface area contributed by atoms with Crippen LogP contribution in [0.2, 0.25) is 15.1 Å². The summed E-state index contributed by atoms with van der Waals surface area (Å²) < 4.78 is 40.4. The number of likely N-dealkylation sites (tertiary alicyclic amines) is 1. The fraction of sp³-hybridized carbons (Fsp3) is 0.458. The van der Waals surface area contributed by atoms with E-state index in [1.807, 2.05) is 4.90 Å². The Kier molecular flexibility index (Phi) is 8.51. The lowest BCUT2D eigenvalue weighted by Gasteiger charge is -2.42. The van der Waals surface area contributed by atoms with Crippen LogP contribution >= 0.6 is 34.8 Å². The standard InChI is InChI=1S/C24H27Cl3N2O5S/c25-18-5-4-6-20(13-18)33-17-24(15-23(30)28-9-2-1-3-10-28)16-29(11-12-34-24)35(31,32)22-8-7-19(26)14-21(22)27/h4-8,13-14H,1-3,9-12,15-17H2/t24-/m0/s1. The number of amides is 1. The zero-order chi connectivity index (χ0) is 25.1. The molecular formula is C24H27Cl3N2O5S. The van der Waals surface area contributed by atoms with Crippen molar-refractivity contribution in [1.82, 2.24) is 9.21 Å². The van der Waals surface area contributed by atoms with Crippen molar-refractivity contribution in [1.29, 1.82) is 0 Å². The van der Waals surface area contributed by atoms with E-state index in [0.29, 0.717) is 28.9 Å². The van der Waals surface area contributed by atoms with E-state index in [0.717, 1.165) is 19.3 Å². The van der Waals surface area contributed by atoms with Crippen LogP contribution in [0, 0.1) is 0 Å². The Labute approximate surface area is 220 Å². The number of carbonyl (C=O) groups is 1. The molecule has 7 nitrogen and oxygen atoms in total. The van der Waals surface area contributed by atoms with Gasteiger partial charge in [-0.3, -0.25) is 4.79 Å². The molecule has 2 fully saturated rings. The fourth-order valence-corrected chi connectivity index (χ4v) is 6.81. The summed E-state index contributed by atoms with van der Waals surface area (Å²) in [6, 6.07) is 11.2. The first-order valence-electron chi connectivity index (χ1n) is 11.4. The molecule has 190 valence electrons. The summed E-state index contributed by atoms with van der Waals surface area (Å²) in [7, 11) is -3.97. The minimum Gasteiger partial charge on any atom is -0.490 e. The maximum absolute atomic E-state index is 13.5. The normalized spacial score (nSPS) is 21.6. The summed E-state index contributed by atoms with van der Waals surface area (Å²) in [6.07, 6.45) is 2.99. The van der Waals surface area contributed by atoms with Gasteiger partial charge in [0.1, 0.15) is 22.9 Å². The van der Waals surface area contributed by atoms with E-state index in [-0.39, 0.29) is 48.5 Å². The van der Waals surface area contributed by atoms with Gasteiger partial charge in [0, 0.05) is 36.2 Å².